The first-order valence-corrected chi connectivity index (χ1v) is 10.4. The van der Waals surface area contributed by atoms with Crippen LogP contribution in [-0.2, 0) is 4.79 Å². The molecule has 4 rings (SSSR count). The zero-order chi connectivity index (χ0) is 16.4. The van der Waals surface area contributed by atoms with Crippen molar-refractivity contribution in [3.63, 3.8) is 0 Å². The van der Waals surface area contributed by atoms with E-state index in [4.69, 9.17) is 0 Å². The Kier molecular flexibility index (Phi) is 4.81. The minimum Gasteiger partial charge on any atom is -0.326 e. The SMILES string of the molecule is O=C(Nc1cccc(C2SCCCS2)c1)[C@H]1C[C@@H]1c1cccnc1. The Morgan fingerprint density at radius 3 is 2.75 bits per heavy atom. The highest BCUT2D eigenvalue weighted by atomic mass is 32.2. The Balaban J connectivity index is 1.40. The number of pyridine rings is 1. The van der Waals surface area contributed by atoms with Gasteiger partial charge in [0.25, 0.3) is 0 Å². The van der Waals surface area contributed by atoms with E-state index in [1.165, 1.54) is 29.1 Å². The van der Waals surface area contributed by atoms with Gasteiger partial charge >= 0.3 is 0 Å². The summed E-state index contributed by atoms with van der Waals surface area (Å²) in [4.78, 5) is 16.7. The van der Waals surface area contributed by atoms with Crippen LogP contribution in [0.2, 0.25) is 0 Å². The van der Waals surface area contributed by atoms with Crippen molar-refractivity contribution in [2.45, 2.75) is 23.3 Å². The highest BCUT2D eigenvalue weighted by molar-refractivity contribution is 8.16. The van der Waals surface area contributed by atoms with Gasteiger partial charge in [0.15, 0.2) is 0 Å². The molecule has 0 spiro atoms. The second kappa shape index (κ2) is 7.19. The fourth-order valence-electron chi connectivity index (χ4n) is 3.13. The summed E-state index contributed by atoms with van der Waals surface area (Å²) < 4.78 is 0.500. The summed E-state index contributed by atoms with van der Waals surface area (Å²) in [6.45, 7) is 0. The van der Waals surface area contributed by atoms with Crippen molar-refractivity contribution in [3.05, 3.63) is 59.9 Å². The average molecular weight is 357 g/mol. The fraction of sp³-hybridized carbons (Fsp3) is 0.368. The standard InChI is InChI=1S/C19H20N2OS2/c22-18(17-11-16(17)14-5-2-7-20-12-14)21-15-6-1-4-13(10-15)19-23-8-3-9-24-19/h1-2,4-7,10,12,16-17,19H,3,8-9,11H2,(H,21,22)/t16-,17+/m1/s1. The molecule has 2 heterocycles. The van der Waals surface area contributed by atoms with Gasteiger partial charge in [-0.2, -0.15) is 0 Å². The Hall–Kier alpha value is -1.46. The molecule has 1 aliphatic carbocycles. The summed E-state index contributed by atoms with van der Waals surface area (Å²) >= 11 is 4.01. The molecule has 2 fully saturated rings. The number of nitrogens with one attached hydrogen (secondary N) is 1. The Labute approximate surface area is 151 Å². The molecular weight excluding hydrogens is 336 g/mol. The van der Waals surface area contributed by atoms with Crippen LogP contribution in [0.15, 0.2) is 48.8 Å². The molecule has 0 bridgehead atoms. The third-order valence-electron chi connectivity index (χ3n) is 4.49. The first-order chi connectivity index (χ1) is 11.8. The maximum Gasteiger partial charge on any atom is 0.228 e. The number of nitrogens with zero attached hydrogens (tertiary/aromatic N) is 1. The normalized spacial score (nSPS) is 23.7. The van der Waals surface area contributed by atoms with Crippen LogP contribution in [0.5, 0.6) is 0 Å². The van der Waals surface area contributed by atoms with Gasteiger partial charge in [0, 0.05) is 24.0 Å². The van der Waals surface area contributed by atoms with E-state index in [1.807, 2.05) is 47.9 Å². The van der Waals surface area contributed by atoms with Gasteiger partial charge < -0.3 is 5.32 Å². The fourth-order valence-corrected chi connectivity index (χ4v) is 6.00. The number of thioether (sulfide) groups is 2. The molecule has 5 heteroatoms. The van der Waals surface area contributed by atoms with Gasteiger partial charge in [-0.3, -0.25) is 9.78 Å². The molecule has 3 nitrogen and oxygen atoms in total. The number of benzene rings is 1. The van der Waals surface area contributed by atoms with Crippen LogP contribution in [0.4, 0.5) is 5.69 Å². The van der Waals surface area contributed by atoms with E-state index in [1.54, 1.807) is 6.20 Å². The topological polar surface area (TPSA) is 42.0 Å². The van der Waals surface area contributed by atoms with Crippen LogP contribution in [0.3, 0.4) is 0 Å². The van der Waals surface area contributed by atoms with Crippen LogP contribution in [0, 0.1) is 5.92 Å². The van der Waals surface area contributed by atoms with Crippen molar-refractivity contribution in [3.8, 4) is 0 Å². The lowest BCUT2D eigenvalue weighted by molar-refractivity contribution is -0.117. The number of carbonyl (C=O) groups is 1. The van der Waals surface area contributed by atoms with E-state index in [2.05, 4.69) is 28.5 Å². The monoisotopic (exact) mass is 356 g/mol. The lowest BCUT2D eigenvalue weighted by Gasteiger charge is -2.21. The second-order valence-electron chi connectivity index (χ2n) is 6.28. The van der Waals surface area contributed by atoms with E-state index in [-0.39, 0.29) is 11.8 Å². The van der Waals surface area contributed by atoms with Crippen LogP contribution >= 0.6 is 23.5 Å². The maximum atomic E-state index is 12.5. The Morgan fingerprint density at radius 1 is 1.12 bits per heavy atom. The van der Waals surface area contributed by atoms with E-state index in [9.17, 15) is 4.79 Å². The third-order valence-corrected chi connectivity index (χ3v) is 7.51. The van der Waals surface area contributed by atoms with Crippen molar-refractivity contribution < 1.29 is 4.79 Å². The molecule has 124 valence electrons. The van der Waals surface area contributed by atoms with Crippen molar-refractivity contribution in [2.24, 2.45) is 5.92 Å². The van der Waals surface area contributed by atoms with Gasteiger partial charge in [0.05, 0.1) is 4.58 Å². The molecular formula is C19H20N2OS2. The third kappa shape index (κ3) is 3.62. The smallest absolute Gasteiger partial charge is 0.228 e. The molecule has 2 aliphatic rings. The summed E-state index contributed by atoms with van der Waals surface area (Å²) in [6.07, 6.45) is 5.86. The predicted molar refractivity (Wildman–Crippen MR) is 102 cm³/mol. The zero-order valence-electron chi connectivity index (χ0n) is 13.4. The maximum absolute atomic E-state index is 12.5. The first kappa shape index (κ1) is 16.0. The molecule has 1 aromatic carbocycles. The number of anilines is 1. The van der Waals surface area contributed by atoms with Gasteiger partial charge in [-0.25, -0.2) is 0 Å². The molecule has 1 saturated carbocycles. The van der Waals surface area contributed by atoms with Crippen LogP contribution in [0.25, 0.3) is 0 Å². The lowest BCUT2D eigenvalue weighted by atomic mass is 10.1. The zero-order valence-corrected chi connectivity index (χ0v) is 15.0. The van der Waals surface area contributed by atoms with Gasteiger partial charge in [-0.1, -0.05) is 18.2 Å². The molecule has 24 heavy (non-hydrogen) atoms. The molecule has 1 saturated heterocycles. The Bertz CT molecular complexity index is 716. The van der Waals surface area contributed by atoms with Crippen LogP contribution in [0.1, 0.15) is 34.5 Å². The molecule has 0 radical (unpaired) electrons. The highest BCUT2D eigenvalue weighted by Crippen LogP contribution is 2.48. The number of rotatable bonds is 4. The van der Waals surface area contributed by atoms with Gasteiger partial charge in [-0.15, -0.1) is 23.5 Å². The predicted octanol–water partition coefficient (Wildman–Crippen LogP) is 4.69. The first-order valence-electron chi connectivity index (χ1n) is 8.35. The van der Waals surface area contributed by atoms with E-state index in [0.29, 0.717) is 10.5 Å². The Morgan fingerprint density at radius 2 is 1.96 bits per heavy atom. The van der Waals surface area contributed by atoms with E-state index >= 15 is 0 Å². The molecule has 2 aromatic rings. The summed E-state index contributed by atoms with van der Waals surface area (Å²) in [5.41, 5.74) is 3.39. The van der Waals surface area contributed by atoms with E-state index < -0.39 is 0 Å². The number of hydrogen-bond acceptors (Lipinski definition) is 4. The second-order valence-corrected chi connectivity index (χ2v) is 9.00. The highest BCUT2D eigenvalue weighted by Gasteiger charge is 2.44. The largest absolute Gasteiger partial charge is 0.326 e. The van der Waals surface area contributed by atoms with Gasteiger partial charge in [-0.05, 0) is 59.6 Å². The lowest BCUT2D eigenvalue weighted by Crippen LogP contribution is -2.14. The average Bonchev–Trinajstić information content (AvgIpc) is 3.44. The molecule has 1 aromatic heterocycles. The summed E-state index contributed by atoms with van der Waals surface area (Å²) in [5.74, 6) is 2.99. The van der Waals surface area contributed by atoms with Crippen LogP contribution < -0.4 is 5.32 Å². The van der Waals surface area contributed by atoms with Crippen molar-refractivity contribution in [2.75, 3.05) is 16.8 Å². The summed E-state index contributed by atoms with van der Waals surface area (Å²) in [6, 6.07) is 12.3. The van der Waals surface area contributed by atoms with Crippen molar-refractivity contribution in [1.29, 1.82) is 0 Å². The van der Waals surface area contributed by atoms with Gasteiger partial charge in [0.1, 0.15) is 0 Å². The van der Waals surface area contributed by atoms with Crippen LogP contribution in [-0.4, -0.2) is 22.4 Å². The number of aromatic nitrogens is 1. The van der Waals surface area contributed by atoms with Crippen molar-refractivity contribution >= 4 is 35.1 Å². The molecule has 0 unspecified atom stereocenters. The quantitative estimate of drug-likeness (QED) is 0.863. The molecule has 1 amide bonds. The minimum absolute atomic E-state index is 0.0799. The molecule has 1 aliphatic heterocycles. The number of hydrogen-bond donors (Lipinski definition) is 1. The summed E-state index contributed by atoms with van der Waals surface area (Å²) in [7, 11) is 0. The van der Waals surface area contributed by atoms with Crippen molar-refractivity contribution in [1.82, 2.24) is 4.98 Å². The number of amides is 1. The minimum atomic E-state index is 0.0799. The summed E-state index contributed by atoms with van der Waals surface area (Å²) in [5, 5.41) is 3.11. The molecule has 2 atom stereocenters. The van der Waals surface area contributed by atoms with E-state index in [0.717, 1.165) is 12.1 Å². The number of carbonyl (C=O) groups excluding carboxylic acids is 1. The van der Waals surface area contributed by atoms with Gasteiger partial charge in [0.2, 0.25) is 5.91 Å². The molecule has 1 N–H and O–H groups in total.